The van der Waals surface area contributed by atoms with Gasteiger partial charge >= 0.3 is 0 Å². The third-order valence-electron chi connectivity index (χ3n) is 8.60. The Hall–Kier alpha value is -3.38. The molecule has 4 nitrogen and oxygen atoms in total. The molecule has 0 amide bonds. The van der Waals surface area contributed by atoms with Crippen LogP contribution in [0.2, 0.25) is 0 Å². The number of aliphatic imine (C=N–C) groups is 1. The Morgan fingerprint density at radius 3 is 2.36 bits per heavy atom. The van der Waals surface area contributed by atoms with Crippen molar-refractivity contribution in [3.63, 3.8) is 0 Å². The highest BCUT2D eigenvalue weighted by Gasteiger charge is 2.39. The quantitative estimate of drug-likeness (QED) is 0.285. The van der Waals surface area contributed by atoms with Gasteiger partial charge in [0.1, 0.15) is 0 Å². The smallest absolute Gasteiger partial charge is 0.248 e. The molecule has 2 aromatic heterocycles. The third-order valence-corrected chi connectivity index (χ3v) is 8.60. The summed E-state index contributed by atoms with van der Waals surface area (Å²) < 4.78 is 30.9. The van der Waals surface area contributed by atoms with E-state index in [1.54, 1.807) is 13.8 Å². The predicted molar refractivity (Wildman–Crippen MR) is 155 cm³/mol. The lowest BCUT2D eigenvalue weighted by atomic mass is 9.79. The standard InChI is InChI=1S/C33H35F2N3O/c1-20-18-36-21(2)29(20)24-16-28-30(37-19-24)26-11-10-25(32(3,4)39)17-27(26)38(28)31(22-8-6-5-7-9-22)23-12-14-33(34,35)15-13-23/h5-11,16-17,19,23,31,39H,12-15,18H2,1-4H3. The molecule has 202 valence electrons. The maximum atomic E-state index is 14.3. The Morgan fingerprint density at radius 2 is 1.72 bits per heavy atom. The van der Waals surface area contributed by atoms with E-state index in [-0.39, 0.29) is 24.8 Å². The third kappa shape index (κ3) is 4.59. The van der Waals surface area contributed by atoms with E-state index in [1.165, 1.54) is 5.57 Å². The number of aromatic nitrogens is 2. The summed E-state index contributed by atoms with van der Waals surface area (Å²) in [6.45, 7) is 8.41. The molecule has 1 aliphatic heterocycles. The number of allylic oxidation sites excluding steroid dienone is 1. The molecule has 1 aliphatic carbocycles. The summed E-state index contributed by atoms with van der Waals surface area (Å²) in [5, 5.41) is 11.9. The minimum absolute atomic E-state index is 0.0380. The SMILES string of the molecule is CC1=NCC(C)=C1c1cnc2c3ccc(C(C)(C)O)cc3n(C(c3ccccc3)C3CCC(F)(F)CC3)c2c1. The molecule has 4 aromatic rings. The summed E-state index contributed by atoms with van der Waals surface area (Å²) in [5.41, 5.74) is 8.07. The van der Waals surface area contributed by atoms with Gasteiger partial charge in [0, 0.05) is 41.3 Å². The van der Waals surface area contributed by atoms with E-state index in [4.69, 9.17) is 4.98 Å². The van der Waals surface area contributed by atoms with Gasteiger partial charge in [0.2, 0.25) is 5.92 Å². The van der Waals surface area contributed by atoms with Crippen molar-refractivity contribution in [3.8, 4) is 0 Å². The molecule has 6 heteroatoms. The van der Waals surface area contributed by atoms with Crippen LogP contribution in [0.25, 0.3) is 27.5 Å². The molecule has 0 spiro atoms. The number of rotatable bonds is 5. The van der Waals surface area contributed by atoms with Crippen LogP contribution in [-0.4, -0.2) is 32.8 Å². The van der Waals surface area contributed by atoms with Gasteiger partial charge in [-0.3, -0.25) is 9.98 Å². The van der Waals surface area contributed by atoms with Crippen molar-refractivity contribution < 1.29 is 13.9 Å². The predicted octanol–water partition coefficient (Wildman–Crippen LogP) is 8.08. The molecular formula is C33H35F2N3O. The summed E-state index contributed by atoms with van der Waals surface area (Å²) in [4.78, 5) is 9.62. The Labute approximate surface area is 228 Å². The van der Waals surface area contributed by atoms with Crippen molar-refractivity contribution in [2.75, 3.05) is 6.54 Å². The normalized spacial score (nSPS) is 19.2. The number of nitrogens with zero attached hydrogens (tertiary/aromatic N) is 3. The largest absolute Gasteiger partial charge is 0.386 e. The van der Waals surface area contributed by atoms with Crippen molar-refractivity contribution in [2.45, 2.75) is 70.9 Å². The van der Waals surface area contributed by atoms with E-state index in [1.807, 2.05) is 43.5 Å². The van der Waals surface area contributed by atoms with Crippen LogP contribution < -0.4 is 0 Å². The summed E-state index contributed by atoms with van der Waals surface area (Å²) in [6, 6.07) is 18.3. The Kier molecular flexibility index (Phi) is 6.22. The molecule has 2 aliphatic rings. The molecule has 6 rings (SSSR count). The number of hydrogen-bond donors (Lipinski definition) is 1. The van der Waals surface area contributed by atoms with Crippen molar-refractivity contribution in [3.05, 3.63) is 83.1 Å². The zero-order chi connectivity index (χ0) is 27.5. The average molecular weight is 528 g/mol. The first-order chi connectivity index (χ1) is 18.5. The van der Waals surface area contributed by atoms with E-state index >= 15 is 0 Å². The fraction of sp³-hybridized carbons (Fsp3) is 0.394. The van der Waals surface area contributed by atoms with Gasteiger partial charge in [-0.2, -0.15) is 0 Å². The first-order valence-electron chi connectivity index (χ1n) is 13.8. The summed E-state index contributed by atoms with van der Waals surface area (Å²) >= 11 is 0. The number of fused-ring (bicyclic) bond motifs is 3. The maximum Gasteiger partial charge on any atom is 0.248 e. The topological polar surface area (TPSA) is 50.4 Å². The van der Waals surface area contributed by atoms with E-state index in [9.17, 15) is 13.9 Å². The molecule has 1 unspecified atom stereocenters. The van der Waals surface area contributed by atoms with Gasteiger partial charge in [-0.05, 0) is 75.3 Å². The van der Waals surface area contributed by atoms with Crippen LogP contribution in [0.5, 0.6) is 0 Å². The number of hydrogen-bond acceptors (Lipinski definition) is 3. The lowest BCUT2D eigenvalue weighted by molar-refractivity contribution is -0.0493. The minimum Gasteiger partial charge on any atom is -0.386 e. The monoisotopic (exact) mass is 527 g/mol. The average Bonchev–Trinajstić information content (AvgIpc) is 3.40. The second kappa shape index (κ2) is 9.37. The second-order valence-corrected chi connectivity index (χ2v) is 11.9. The molecule has 1 saturated carbocycles. The van der Waals surface area contributed by atoms with Crippen LogP contribution >= 0.6 is 0 Å². The van der Waals surface area contributed by atoms with Gasteiger partial charge in [-0.1, -0.05) is 42.5 Å². The van der Waals surface area contributed by atoms with E-state index in [0.717, 1.165) is 49.9 Å². The van der Waals surface area contributed by atoms with Crippen molar-refractivity contribution in [2.24, 2.45) is 10.9 Å². The van der Waals surface area contributed by atoms with Crippen LogP contribution in [0.4, 0.5) is 8.78 Å². The van der Waals surface area contributed by atoms with E-state index < -0.39 is 11.5 Å². The summed E-state index contributed by atoms with van der Waals surface area (Å²) in [6.07, 6.45) is 2.62. The van der Waals surface area contributed by atoms with Crippen LogP contribution in [0.3, 0.4) is 0 Å². The van der Waals surface area contributed by atoms with Crippen LogP contribution in [0, 0.1) is 5.92 Å². The van der Waals surface area contributed by atoms with E-state index in [0.29, 0.717) is 19.4 Å². The minimum atomic E-state index is -2.61. The number of alkyl halides is 2. The molecule has 0 bridgehead atoms. The Morgan fingerprint density at radius 1 is 1.00 bits per heavy atom. The van der Waals surface area contributed by atoms with Crippen LogP contribution in [0.15, 0.2) is 71.4 Å². The first-order valence-corrected chi connectivity index (χ1v) is 13.8. The molecule has 1 fully saturated rings. The first kappa shape index (κ1) is 25.9. The molecule has 1 atom stereocenters. The zero-order valence-corrected chi connectivity index (χ0v) is 23.0. The Balaban J connectivity index is 1.65. The second-order valence-electron chi connectivity index (χ2n) is 11.9. The fourth-order valence-corrected chi connectivity index (χ4v) is 6.54. The van der Waals surface area contributed by atoms with Gasteiger partial charge in [0.25, 0.3) is 0 Å². The van der Waals surface area contributed by atoms with Crippen molar-refractivity contribution >= 4 is 33.2 Å². The molecule has 0 radical (unpaired) electrons. The molecule has 0 saturated heterocycles. The lowest BCUT2D eigenvalue weighted by Gasteiger charge is -2.36. The Bertz CT molecular complexity index is 1620. The molecular weight excluding hydrogens is 492 g/mol. The zero-order valence-electron chi connectivity index (χ0n) is 23.0. The highest BCUT2D eigenvalue weighted by molar-refractivity contribution is 6.25. The van der Waals surface area contributed by atoms with E-state index in [2.05, 4.69) is 40.7 Å². The molecule has 2 aromatic carbocycles. The summed E-state index contributed by atoms with van der Waals surface area (Å²) in [5.74, 6) is -2.57. The van der Waals surface area contributed by atoms with Gasteiger partial charge < -0.3 is 9.67 Å². The number of halogens is 2. The molecule has 39 heavy (non-hydrogen) atoms. The fourth-order valence-electron chi connectivity index (χ4n) is 6.54. The number of aliphatic hydroxyl groups is 1. The van der Waals surface area contributed by atoms with Gasteiger partial charge in [-0.25, -0.2) is 8.78 Å². The highest BCUT2D eigenvalue weighted by atomic mass is 19.3. The highest BCUT2D eigenvalue weighted by Crippen LogP contribution is 2.46. The number of benzene rings is 2. The summed E-state index contributed by atoms with van der Waals surface area (Å²) in [7, 11) is 0. The van der Waals surface area contributed by atoms with Crippen molar-refractivity contribution in [1.29, 1.82) is 0 Å². The van der Waals surface area contributed by atoms with Gasteiger partial charge in [0.15, 0.2) is 0 Å². The van der Waals surface area contributed by atoms with Crippen LogP contribution in [0.1, 0.15) is 76.1 Å². The van der Waals surface area contributed by atoms with Gasteiger partial charge in [0.05, 0.1) is 34.7 Å². The van der Waals surface area contributed by atoms with Gasteiger partial charge in [-0.15, -0.1) is 0 Å². The number of pyridine rings is 1. The molecule has 1 N–H and O–H groups in total. The van der Waals surface area contributed by atoms with Crippen LogP contribution in [-0.2, 0) is 5.60 Å². The van der Waals surface area contributed by atoms with Crippen molar-refractivity contribution in [1.82, 2.24) is 9.55 Å². The maximum absolute atomic E-state index is 14.3. The lowest BCUT2D eigenvalue weighted by Crippen LogP contribution is -2.30. The molecule has 3 heterocycles.